The molecule has 0 atom stereocenters. The van der Waals surface area contributed by atoms with E-state index in [1.807, 2.05) is 25.1 Å². The van der Waals surface area contributed by atoms with Crippen molar-refractivity contribution in [3.8, 4) is 11.5 Å². The highest BCUT2D eigenvalue weighted by Gasteiger charge is 2.10. The zero-order chi connectivity index (χ0) is 16.8. The van der Waals surface area contributed by atoms with Gasteiger partial charge in [0.05, 0.1) is 30.1 Å². The van der Waals surface area contributed by atoms with Crippen LogP contribution in [0, 0.1) is 13.8 Å². The number of hydrogen-bond donors (Lipinski definition) is 1. The number of nitrogens with one attached hydrogen (secondary N) is 1. The number of methoxy groups -OCH3 is 1. The van der Waals surface area contributed by atoms with Crippen LogP contribution in [-0.4, -0.2) is 19.9 Å². The first-order valence-corrected chi connectivity index (χ1v) is 8.21. The summed E-state index contributed by atoms with van der Waals surface area (Å²) >= 11 is 3.50. The van der Waals surface area contributed by atoms with Crippen LogP contribution in [0.25, 0.3) is 0 Å². The lowest BCUT2D eigenvalue weighted by atomic mass is 10.1. The Morgan fingerprint density at radius 3 is 2.61 bits per heavy atom. The number of benzene rings is 2. The molecule has 0 aromatic heterocycles. The van der Waals surface area contributed by atoms with Crippen LogP contribution >= 0.6 is 15.9 Å². The van der Waals surface area contributed by atoms with Gasteiger partial charge in [-0.25, -0.2) is 0 Å². The predicted molar refractivity (Wildman–Crippen MR) is 99.0 cm³/mol. The second-order valence-electron chi connectivity index (χ2n) is 5.14. The standard InChI is InChI=1S/C18H21BrN2O2/c1-5-23-17-10-14(9-16(19)18(17)22-4)11-20-21-15-7-6-12(2)13(3)8-15/h6-11,21H,5H2,1-4H3/b20-11+. The summed E-state index contributed by atoms with van der Waals surface area (Å²) in [6.07, 6.45) is 1.75. The summed E-state index contributed by atoms with van der Waals surface area (Å²) in [6.45, 7) is 6.69. The highest BCUT2D eigenvalue weighted by Crippen LogP contribution is 2.36. The maximum absolute atomic E-state index is 5.61. The summed E-state index contributed by atoms with van der Waals surface area (Å²) in [5.41, 5.74) is 7.41. The lowest BCUT2D eigenvalue weighted by Crippen LogP contribution is -1.98. The number of nitrogens with zero attached hydrogens (tertiary/aromatic N) is 1. The second kappa shape index (κ2) is 8.02. The average Bonchev–Trinajstić information content (AvgIpc) is 2.51. The normalized spacial score (nSPS) is 10.8. The minimum Gasteiger partial charge on any atom is -0.492 e. The van der Waals surface area contributed by atoms with Crippen LogP contribution in [0.5, 0.6) is 11.5 Å². The van der Waals surface area contributed by atoms with Crippen molar-refractivity contribution < 1.29 is 9.47 Å². The smallest absolute Gasteiger partial charge is 0.174 e. The molecule has 0 aliphatic carbocycles. The summed E-state index contributed by atoms with van der Waals surface area (Å²) in [5.74, 6) is 1.38. The van der Waals surface area contributed by atoms with E-state index >= 15 is 0 Å². The monoisotopic (exact) mass is 376 g/mol. The minimum absolute atomic E-state index is 0.574. The van der Waals surface area contributed by atoms with Gasteiger partial charge >= 0.3 is 0 Å². The molecular formula is C18H21BrN2O2. The number of hydrazone groups is 1. The van der Waals surface area contributed by atoms with Crippen molar-refractivity contribution in [1.29, 1.82) is 0 Å². The third-order valence-corrected chi connectivity index (χ3v) is 4.04. The summed E-state index contributed by atoms with van der Waals surface area (Å²) in [7, 11) is 1.62. The van der Waals surface area contributed by atoms with Gasteiger partial charge in [0, 0.05) is 0 Å². The maximum atomic E-state index is 5.61. The molecule has 4 nitrogen and oxygen atoms in total. The average molecular weight is 377 g/mol. The summed E-state index contributed by atoms with van der Waals surface area (Å²) < 4.78 is 11.8. The molecule has 23 heavy (non-hydrogen) atoms. The van der Waals surface area contributed by atoms with Crippen molar-refractivity contribution in [3.05, 3.63) is 51.5 Å². The van der Waals surface area contributed by atoms with E-state index < -0.39 is 0 Å². The number of halogens is 1. The van der Waals surface area contributed by atoms with Gasteiger partial charge in [-0.1, -0.05) is 6.07 Å². The molecule has 0 saturated carbocycles. The molecule has 0 saturated heterocycles. The number of anilines is 1. The molecule has 0 aliphatic rings. The first-order valence-electron chi connectivity index (χ1n) is 7.41. The van der Waals surface area contributed by atoms with Gasteiger partial charge in [0.25, 0.3) is 0 Å². The van der Waals surface area contributed by atoms with Gasteiger partial charge in [-0.05, 0) is 77.7 Å². The third kappa shape index (κ3) is 4.48. The van der Waals surface area contributed by atoms with E-state index in [1.165, 1.54) is 11.1 Å². The van der Waals surface area contributed by atoms with Crippen LogP contribution in [0.4, 0.5) is 5.69 Å². The van der Waals surface area contributed by atoms with Gasteiger partial charge in [0.2, 0.25) is 0 Å². The van der Waals surface area contributed by atoms with E-state index in [2.05, 4.69) is 52.4 Å². The van der Waals surface area contributed by atoms with E-state index in [4.69, 9.17) is 9.47 Å². The minimum atomic E-state index is 0.574. The Labute approximate surface area is 145 Å². The van der Waals surface area contributed by atoms with Crippen molar-refractivity contribution in [1.82, 2.24) is 0 Å². The second-order valence-corrected chi connectivity index (χ2v) is 5.99. The Balaban J connectivity index is 2.17. The van der Waals surface area contributed by atoms with Gasteiger partial charge in [0.15, 0.2) is 11.5 Å². The molecule has 2 aromatic rings. The number of ether oxygens (including phenoxy) is 2. The molecule has 0 unspecified atom stereocenters. The lowest BCUT2D eigenvalue weighted by Gasteiger charge is -2.11. The first kappa shape index (κ1) is 17.3. The van der Waals surface area contributed by atoms with E-state index in [-0.39, 0.29) is 0 Å². The van der Waals surface area contributed by atoms with Crippen LogP contribution in [0.1, 0.15) is 23.6 Å². The molecule has 0 bridgehead atoms. The van der Waals surface area contributed by atoms with Gasteiger partial charge in [-0.2, -0.15) is 5.10 Å². The van der Waals surface area contributed by atoms with Crippen LogP contribution < -0.4 is 14.9 Å². The predicted octanol–water partition coefficient (Wildman–Crippen LogP) is 4.92. The fourth-order valence-electron chi connectivity index (χ4n) is 2.12. The first-order chi connectivity index (χ1) is 11.0. The van der Waals surface area contributed by atoms with Crippen molar-refractivity contribution in [2.75, 3.05) is 19.1 Å². The zero-order valence-corrected chi connectivity index (χ0v) is 15.4. The van der Waals surface area contributed by atoms with E-state index in [0.717, 1.165) is 15.7 Å². The lowest BCUT2D eigenvalue weighted by molar-refractivity contribution is 0.310. The maximum Gasteiger partial charge on any atom is 0.174 e. The molecular weight excluding hydrogens is 356 g/mol. The molecule has 0 amide bonds. The summed E-state index contributed by atoms with van der Waals surface area (Å²) in [4.78, 5) is 0. The van der Waals surface area contributed by atoms with Crippen LogP contribution in [0.3, 0.4) is 0 Å². The largest absolute Gasteiger partial charge is 0.492 e. The zero-order valence-electron chi connectivity index (χ0n) is 13.8. The van der Waals surface area contributed by atoms with Gasteiger partial charge < -0.3 is 9.47 Å². The highest BCUT2D eigenvalue weighted by atomic mass is 79.9. The number of rotatable bonds is 6. The summed E-state index contributed by atoms with van der Waals surface area (Å²) in [5, 5.41) is 4.29. The Hall–Kier alpha value is -2.01. The molecule has 5 heteroatoms. The molecule has 0 spiro atoms. The molecule has 2 aromatic carbocycles. The molecule has 2 rings (SSSR count). The SMILES string of the molecule is CCOc1cc(/C=N/Nc2ccc(C)c(C)c2)cc(Br)c1OC. The fourth-order valence-corrected chi connectivity index (χ4v) is 2.74. The van der Waals surface area contributed by atoms with Crippen LogP contribution in [0.2, 0.25) is 0 Å². The van der Waals surface area contributed by atoms with Gasteiger partial charge in [-0.15, -0.1) is 0 Å². The van der Waals surface area contributed by atoms with Gasteiger partial charge in [0.1, 0.15) is 0 Å². The van der Waals surface area contributed by atoms with Crippen LogP contribution in [0.15, 0.2) is 39.9 Å². The Morgan fingerprint density at radius 1 is 1.17 bits per heavy atom. The fraction of sp³-hybridized carbons (Fsp3) is 0.278. The Kier molecular flexibility index (Phi) is 6.04. The number of hydrogen-bond acceptors (Lipinski definition) is 4. The summed E-state index contributed by atoms with van der Waals surface area (Å²) in [6, 6.07) is 9.99. The number of aryl methyl sites for hydroxylation is 2. The Bertz CT molecular complexity index is 714. The molecule has 0 aliphatic heterocycles. The van der Waals surface area contributed by atoms with E-state index in [1.54, 1.807) is 13.3 Å². The molecule has 0 radical (unpaired) electrons. The molecule has 122 valence electrons. The molecule has 1 N–H and O–H groups in total. The van der Waals surface area contributed by atoms with Gasteiger partial charge in [-0.3, -0.25) is 5.43 Å². The van der Waals surface area contributed by atoms with E-state index in [0.29, 0.717) is 18.1 Å². The Morgan fingerprint density at radius 2 is 1.96 bits per heavy atom. The van der Waals surface area contributed by atoms with E-state index in [9.17, 15) is 0 Å². The van der Waals surface area contributed by atoms with Crippen molar-refractivity contribution in [2.45, 2.75) is 20.8 Å². The quantitative estimate of drug-likeness (QED) is 0.574. The van der Waals surface area contributed by atoms with Crippen LogP contribution in [-0.2, 0) is 0 Å². The molecule has 0 fully saturated rings. The van der Waals surface area contributed by atoms with Crippen molar-refractivity contribution in [2.24, 2.45) is 5.10 Å². The highest BCUT2D eigenvalue weighted by molar-refractivity contribution is 9.10. The third-order valence-electron chi connectivity index (χ3n) is 3.45. The molecule has 0 heterocycles. The van der Waals surface area contributed by atoms with Crippen molar-refractivity contribution >= 4 is 27.8 Å². The van der Waals surface area contributed by atoms with Crippen molar-refractivity contribution in [3.63, 3.8) is 0 Å². The topological polar surface area (TPSA) is 42.8 Å².